The van der Waals surface area contributed by atoms with Crippen LogP contribution in [0.1, 0.15) is 142 Å². The number of aliphatic hydroxyl groups excluding tert-OH is 1. The molecule has 0 radical (unpaired) electrons. The summed E-state index contributed by atoms with van der Waals surface area (Å²) in [6.45, 7) is 23.7. The van der Waals surface area contributed by atoms with Crippen LogP contribution in [0, 0.1) is 35.5 Å². The van der Waals surface area contributed by atoms with Gasteiger partial charge in [0.2, 0.25) is 65.0 Å². The van der Waals surface area contributed by atoms with Crippen molar-refractivity contribution in [1.82, 2.24) is 57.2 Å². The van der Waals surface area contributed by atoms with E-state index in [0.717, 1.165) is 0 Å². The van der Waals surface area contributed by atoms with Crippen LogP contribution in [0.15, 0.2) is 0 Å². The molecule has 9 N–H and O–H groups in total. The van der Waals surface area contributed by atoms with E-state index in [1.54, 1.807) is 41.5 Å². The van der Waals surface area contributed by atoms with Gasteiger partial charge in [0.15, 0.2) is 0 Å². The highest BCUT2D eigenvalue weighted by molar-refractivity contribution is 5.97. The number of hydrogen-bond acceptors (Lipinski definition) is 12. The van der Waals surface area contributed by atoms with Gasteiger partial charge in [0.25, 0.3) is 0 Å². The van der Waals surface area contributed by atoms with Crippen molar-refractivity contribution in [2.24, 2.45) is 35.5 Å². The number of aliphatic hydroxyl groups is 1. The highest BCUT2D eigenvalue weighted by atomic mass is 16.3. The molecule has 1 fully saturated rings. The number of likely N-dealkylation sites (N-methyl/N-ethyl adjacent to an activating group) is 3. The lowest BCUT2D eigenvalue weighted by Crippen LogP contribution is -2.60. The van der Waals surface area contributed by atoms with Crippen LogP contribution in [-0.4, -0.2) is 180 Å². The molecule has 1 aliphatic rings. The number of nitrogens with zero attached hydrogens (tertiary/aromatic N) is 3. The Morgan fingerprint density at radius 3 is 1.21 bits per heavy atom. The van der Waals surface area contributed by atoms with Crippen LogP contribution >= 0.6 is 0 Å². The molecule has 1 rings (SSSR count). The van der Waals surface area contributed by atoms with Crippen LogP contribution in [-0.2, 0) is 52.7 Å². The number of rotatable bonds is 11. The number of nitrogens with one attached hydrogen (secondary N) is 8. The summed E-state index contributed by atoms with van der Waals surface area (Å²) >= 11 is 0. The lowest BCUT2D eigenvalue weighted by atomic mass is 9.95. The third kappa shape index (κ3) is 21.3. The lowest BCUT2D eigenvalue weighted by molar-refractivity contribution is -0.145. The second-order valence-electron chi connectivity index (χ2n) is 22.1. The van der Waals surface area contributed by atoms with Gasteiger partial charge in [0.1, 0.15) is 48.3 Å². The third-order valence-corrected chi connectivity index (χ3v) is 13.8. The standard InChI is InChI=1S/C53H95N11O12/c1-18-32(11)41-53(76)63(16)43(30(7)8)49(72)57-34(13)46(69)54-23-20-38(66)58-36(26-28(3)4)51(74)62(15)44(31(9)10)50(73)61-42(35(14)65)47(70)55-24-21-39(67)59-37(27-29(5)6)52(75)64(17)45(33(12)19-2)48(71)56-25-22-40(68)60-41/h28-37,41-45,65H,18-27H2,1-17H3,(H,54,69)(H,55,70)(H,56,71)(H,57,72)(H,58,66)(H,59,67)(H,60,68)(H,61,73)/t32-,33-,34-,35+,36+,37+,41+,42-,43-,44+,45-/m0/s1. The van der Waals surface area contributed by atoms with E-state index in [0.29, 0.717) is 12.8 Å². The molecule has 11 amide bonds. The molecule has 0 bridgehead atoms. The van der Waals surface area contributed by atoms with Gasteiger partial charge in [-0.15, -0.1) is 0 Å². The Bertz CT molecular complexity index is 2000. The van der Waals surface area contributed by atoms with E-state index in [1.165, 1.54) is 49.7 Å². The van der Waals surface area contributed by atoms with E-state index >= 15 is 0 Å². The summed E-state index contributed by atoms with van der Waals surface area (Å²) in [5.74, 6) is -8.75. The Kier molecular flexibility index (Phi) is 29.3. The first-order chi connectivity index (χ1) is 35.3. The molecule has 0 spiro atoms. The molecule has 434 valence electrons. The van der Waals surface area contributed by atoms with Gasteiger partial charge in [-0.25, -0.2) is 0 Å². The molecule has 11 atom stereocenters. The van der Waals surface area contributed by atoms with Gasteiger partial charge in [0, 0.05) is 60.0 Å². The maximum atomic E-state index is 14.2. The molecule has 0 unspecified atom stereocenters. The summed E-state index contributed by atoms with van der Waals surface area (Å²) in [7, 11) is 4.30. The minimum Gasteiger partial charge on any atom is -0.391 e. The normalized spacial score (nSPS) is 26.8. The second-order valence-corrected chi connectivity index (χ2v) is 22.1. The minimum absolute atomic E-state index is 0.0813. The molecule has 0 aromatic heterocycles. The van der Waals surface area contributed by atoms with Crippen molar-refractivity contribution >= 4 is 65.0 Å². The SMILES string of the molecule is CC[C@H](C)[C@H]1C(=O)NCCC(=O)N[C@H]([C@@H](C)CC)C(=O)N(C)[C@@H](C(C)C)C(=O)N[C@@H](C)C(=O)NCCC(=O)N[C@H](CC(C)C)C(=O)N(C)[C@H](C(C)C)C(=O)N[C@@H]([C@@H](C)O)C(=O)NCCC(=O)N[C@H](CC(C)C)C(=O)N1C. The van der Waals surface area contributed by atoms with E-state index in [2.05, 4.69) is 42.5 Å². The van der Waals surface area contributed by atoms with Gasteiger partial charge in [-0.3, -0.25) is 52.7 Å². The highest BCUT2D eigenvalue weighted by Crippen LogP contribution is 2.20. The van der Waals surface area contributed by atoms with E-state index in [4.69, 9.17) is 0 Å². The summed E-state index contributed by atoms with van der Waals surface area (Å²) in [6, 6.07) is -9.13. The van der Waals surface area contributed by atoms with Crippen LogP contribution in [0.3, 0.4) is 0 Å². The van der Waals surface area contributed by atoms with Crippen LogP contribution < -0.4 is 42.5 Å². The molecular weight excluding hydrogens is 983 g/mol. The van der Waals surface area contributed by atoms with Gasteiger partial charge in [-0.1, -0.05) is 95.9 Å². The van der Waals surface area contributed by atoms with Crippen LogP contribution in [0.4, 0.5) is 0 Å². The fourth-order valence-electron chi connectivity index (χ4n) is 9.13. The first kappa shape index (κ1) is 68.1. The van der Waals surface area contributed by atoms with Crippen molar-refractivity contribution in [3.8, 4) is 0 Å². The summed E-state index contributed by atoms with van der Waals surface area (Å²) in [6.07, 6.45) is -0.862. The first-order valence-electron chi connectivity index (χ1n) is 27.1. The molecule has 0 aromatic carbocycles. The number of carbonyl (C=O) groups is 11. The summed E-state index contributed by atoms with van der Waals surface area (Å²) in [5, 5.41) is 32.1. The van der Waals surface area contributed by atoms with Crippen molar-refractivity contribution in [2.75, 3.05) is 40.8 Å². The smallest absolute Gasteiger partial charge is 0.245 e. The highest BCUT2D eigenvalue weighted by Gasteiger charge is 2.40. The van der Waals surface area contributed by atoms with E-state index in [-0.39, 0.29) is 75.4 Å². The van der Waals surface area contributed by atoms with Gasteiger partial charge in [-0.2, -0.15) is 0 Å². The second kappa shape index (κ2) is 32.7. The molecule has 0 aromatic rings. The molecule has 23 heteroatoms. The number of amides is 11. The van der Waals surface area contributed by atoms with Crippen LogP contribution in [0.25, 0.3) is 0 Å². The van der Waals surface area contributed by atoms with Gasteiger partial charge in [0.05, 0.1) is 6.10 Å². The predicted octanol–water partition coefficient (Wildman–Crippen LogP) is 0.321. The maximum Gasteiger partial charge on any atom is 0.245 e. The molecule has 23 nitrogen and oxygen atoms in total. The molecule has 1 heterocycles. The Labute approximate surface area is 451 Å². The summed E-state index contributed by atoms with van der Waals surface area (Å²) in [4.78, 5) is 155. The fraction of sp³-hybridized carbons (Fsp3) is 0.792. The average molecular weight is 1080 g/mol. The van der Waals surface area contributed by atoms with Crippen molar-refractivity contribution < 1.29 is 57.8 Å². The zero-order chi connectivity index (χ0) is 58.5. The van der Waals surface area contributed by atoms with Crippen molar-refractivity contribution in [2.45, 2.75) is 196 Å². The zero-order valence-electron chi connectivity index (χ0n) is 48.5. The molecule has 1 aliphatic heterocycles. The van der Waals surface area contributed by atoms with Gasteiger partial charge in [-0.05, 0) is 62.2 Å². The summed E-state index contributed by atoms with van der Waals surface area (Å²) in [5.41, 5.74) is 0. The molecule has 76 heavy (non-hydrogen) atoms. The predicted molar refractivity (Wildman–Crippen MR) is 287 cm³/mol. The van der Waals surface area contributed by atoms with Crippen LogP contribution in [0.5, 0.6) is 0 Å². The lowest BCUT2D eigenvalue weighted by Gasteiger charge is -2.35. The van der Waals surface area contributed by atoms with Crippen LogP contribution in [0.2, 0.25) is 0 Å². The number of hydrogen-bond donors (Lipinski definition) is 9. The maximum absolute atomic E-state index is 14.2. The minimum atomic E-state index is -1.51. The molecule has 0 saturated carbocycles. The quantitative estimate of drug-likeness (QED) is 0.135. The fourth-order valence-corrected chi connectivity index (χ4v) is 9.13. The molecule has 1 saturated heterocycles. The van der Waals surface area contributed by atoms with E-state index in [1.807, 2.05) is 41.5 Å². The van der Waals surface area contributed by atoms with Crippen molar-refractivity contribution in [1.29, 1.82) is 0 Å². The Balaban J connectivity index is 3.73. The van der Waals surface area contributed by atoms with Crippen molar-refractivity contribution in [3.05, 3.63) is 0 Å². The van der Waals surface area contributed by atoms with Gasteiger partial charge < -0.3 is 62.3 Å². The van der Waals surface area contributed by atoms with E-state index in [9.17, 15) is 57.8 Å². The Morgan fingerprint density at radius 1 is 0.447 bits per heavy atom. The monoisotopic (exact) mass is 1080 g/mol. The summed E-state index contributed by atoms with van der Waals surface area (Å²) < 4.78 is 0. The molecular formula is C53H95N11O12. The largest absolute Gasteiger partial charge is 0.391 e. The van der Waals surface area contributed by atoms with Crippen molar-refractivity contribution in [3.63, 3.8) is 0 Å². The Hall–Kier alpha value is -5.87. The first-order valence-corrected chi connectivity index (χ1v) is 27.1. The zero-order valence-corrected chi connectivity index (χ0v) is 48.5. The van der Waals surface area contributed by atoms with E-state index < -0.39 is 131 Å². The molecule has 0 aliphatic carbocycles. The third-order valence-electron chi connectivity index (χ3n) is 13.8. The topological polar surface area (TPSA) is 314 Å². The van der Waals surface area contributed by atoms with Gasteiger partial charge >= 0.3 is 0 Å². The average Bonchev–Trinajstić information content (AvgIpc) is 3.32. The Morgan fingerprint density at radius 2 is 0.816 bits per heavy atom. The number of carbonyl (C=O) groups excluding carboxylic acids is 11.